The summed E-state index contributed by atoms with van der Waals surface area (Å²) in [5, 5.41) is 0. The van der Waals surface area contributed by atoms with Crippen LogP contribution in [0.3, 0.4) is 0 Å². The van der Waals surface area contributed by atoms with Gasteiger partial charge in [0.25, 0.3) is 0 Å². The predicted molar refractivity (Wildman–Crippen MR) is 48.6 cm³/mol. The van der Waals surface area contributed by atoms with E-state index in [4.69, 9.17) is 5.73 Å². The molecule has 8 heteroatoms. The average Bonchev–Trinajstić information content (AvgIpc) is 2.25. The quantitative estimate of drug-likeness (QED) is 0.839. The second kappa shape index (κ2) is 4.82. The first-order chi connectivity index (χ1) is 7.76. The van der Waals surface area contributed by atoms with Gasteiger partial charge in [-0.3, -0.25) is 0 Å². The third-order valence-corrected chi connectivity index (χ3v) is 1.85. The van der Waals surface area contributed by atoms with E-state index in [0.717, 1.165) is 0 Å². The maximum atomic E-state index is 12.5. The van der Waals surface area contributed by atoms with Crippen molar-refractivity contribution in [2.75, 3.05) is 6.61 Å². The third kappa shape index (κ3) is 3.52. The third-order valence-electron chi connectivity index (χ3n) is 1.85. The van der Waals surface area contributed by atoms with Gasteiger partial charge in [-0.05, 0) is 5.56 Å². The molecule has 0 saturated carbocycles. The molecule has 1 aromatic heterocycles. The minimum atomic E-state index is -5.63. The zero-order valence-corrected chi connectivity index (χ0v) is 8.47. The number of ether oxygens (including phenoxy) is 1. The number of alkyl halides is 5. The van der Waals surface area contributed by atoms with Gasteiger partial charge < -0.3 is 10.5 Å². The topological polar surface area (TPSA) is 48.1 Å². The molecule has 0 fully saturated rings. The molecule has 0 unspecified atom stereocenters. The molecule has 0 aliphatic carbocycles. The average molecular weight is 256 g/mol. The highest BCUT2D eigenvalue weighted by Crippen LogP contribution is 2.35. The lowest BCUT2D eigenvalue weighted by molar-refractivity contribution is -0.290. The Labute approximate surface area is 93.4 Å². The van der Waals surface area contributed by atoms with Crippen molar-refractivity contribution in [2.45, 2.75) is 18.6 Å². The van der Waals surface area contributed by atoms with E-state index in [-0.39, 0.29) is 12.4 Å². The molecule has 0 amide bonds. The summed E-state index contributed by atoms with van der Waals surface area (Å²) in [6.07, 6.45) is -4.40. The zero-order chi connectivity index (χ0) is 13.1. The molecule has 0 aliphatic rings. The highest BCUT2D eigenvalue weighted by atomic mass is 19.4. The van der Waals surface area contributed by atoms with Gasteiger partial charge >= 0.3 is 12.1 Å². The van der Waals surface area contributed by atoms with Gasteiger partial charge in [-0.1, -0.05) is 6.07 Å². The summed E-state index contributed by atoms with van der Waals surface area (Å²) < 4.78 is 64.6. The van der Waals surface area contributed by atoms with Crippen LogP contribution in [0.15, 0.2) is 18.3 Å². The lowest BCUT2D eigenvalue weighted by Gasteiger charge is -2.19. The summed E-state index contributed by atoms with van der Waals surface area (Å²) >= 11 is 0. The molecule has 1 rings (SSSR count). The number of hydrogen-bond acceptors (Lipinski definition) is 3. The van der Waals surface area contributed by atoms with Gasteiger partial charge in [0, 0.05) is 18.8 Å². The molecular formula is C9H9F5N2O. The normalized spacial score (nSPS) is 12.6. The lowest BCUT2D eigenvalue weighted by atomic mass is 10.3. The maximum absolute atomic E-state index is 12.5. The van der Waals surface area contributed by atoms with Gasteiger partial charge in [0.05, 0.1) is 0 Å². The van der Waals surface area contributed by atoms with Crippen LogP contribution >= 0.6 is 0 Å². The second-order valence-corrected chi connectivity index (χ2v) is 3.20. The number of aromatic nitrogens is 1. The molecule has 2 N–H and O–H groups in total. The first kappa shape index (κ1) is 13.6. The lowest BCUT2D eigenvalue weighted by Crippen LogP contribution is -2.41. The molecule has 0 aliphatic heterocycles. The largest absolute Gasteiger partial charge is 0.471 e. The van der Waals surface area contributed by atoms with Crippen molar-refractivity contribution < 1.29 is 26.7 Å². The summed E-state index contributed by atoms with van der Waals surface area (Å²) in [5.74, 6) is -5.22. The van der Waals surface area contributed by atoms with Gasteiger partial charge in [0.1, 0.15) is 0 Å². The van der Waals surface area contributed by atoms with E-state index < -0.39 is 18.7 Å². The molecule has 0 radical (unpaired) electrons. The summed E-state index contributed by atoms with van der Waals surface area (Å²) in [5.41, 5.74) is 5.86. The molecule has 0 atom stereocenters. The Hall–Kier alpha value is -1.44. The van der Waals surface area contributed by atoms with E-state index in [1.807, 2.05) is 0 Å². The van der Waals surface area contributed by atoms with E-state index in [1.165, 1.54) is 18.3 Å². The Kier molecular flexibility index (Phi) is 3.87. The van der Waals surface area contributed by atoms with E-state index >= 15 is 0 Å². The first-order valence-corrected chi connectivity index (χ1v) is 4.48. The van der Waals surface area contributed by atoms with Gasteiger partial charge in [0.2, 0.25) is 5.88 Å². The van der Waals surface area contributed by atoms with Gasteiger partial charge in [-0.15, -0.1) is 0 Å². The number of pyridine rings is 1. The minimum Gasteiger partial charge on any atom is -0.471 e. The van der Waals surface area contributed by atoms with Crippen LogP contribution in [-0.4, -0.2) is 23.7 Å². The van der Waals surface area contributed by atoms with Gasteiger partial charge in [0.15, 0.2) is 6.61 Å². The molecule has 17 heavy (non-hydrogen) atoms. The monoisotopic (exact) mass is 256 g/mol. The molecule has 0 bridgehead atoms. The van der Waals surface area contributed by atoms with Crippen molar-refractivity contribution in [3.8, 4) is 5.88 Å². The molecule has 1 heterocycles. The van der Waals surface area contributed by atoms with Crippen LogP contribution in [0.5, 0.6) is 5.88 Å². The number of rotatable bonds is 4. The summed E-state index contributed by atoms with van der Waals surface area (Å²) in [7, 11) is 0. The van der Waals surface area contributed by atoms with Crippen LogP contribution in [0.1, 0.15) is 5.56 Å². The number of hydrogen-bond donors (Lipinski definition) is 1. The van der Waals surface area contributed by atoms with Crippen molar-refractivity contribution in [3.05, 3.63) is 23.9 Å². The SMILES string of the molecule is NCc1ccc(OCC(F)(F)C(F)(F)F)nc1. The Balaban J connectivity index is 2.61. The van der Waals surface area contributed by atoms with Crippen molar-refractivity contribution in [2.24, 2.45) is 5.73 Å². The smallest absolute Gasteiger partial charge is 0.456 e. The summed E-state index contributed by atoms with van der Waals surface area (Å²) in [6.45, 7) is -1.61. The van der Waals surface area contributed by atoms with E-state index in [2.05, 4.69) is 9.72 Å². The molecule has 0 spiro atoms. The Morgan fingerprint density at radius 2 is 1.82 bits per heavy atom. The second-order valence-electron chi connectivity index (χ2n) is 3.20. The highest BCUT2D eigenvalue weighted by molar-refractivity contribution is 5.17. The molecule has 3 nitrogen and oxygen atoms in total. The fourth-order valence-electron chi connectivity index (χ4n) is 0.863. The predicted octanol–water partition coefficient (Wildman–Crippen LogP) is 2.12. The van der Waals surface area contributed by atoms with Gasteiger partial charge in [-0.25, -0.2) is 4.98 Å². The van der Waals surface area contributed by atoms with Crippen molar-refractivity contribution >= 4 is 0 Å². The van der Waals surface area contributed by atoms with Crippen LogP contribution in [-0.2, 0) is 6.54 Å². The minimum absolute atomic E-state index is 0.186. The van der Waals surface area contributed by atoms with Crippen LogP contribution in [0.25, 0.3) is 0 Å². The first-order valence-electron chi connectivity index (χ1n) is 4.48. The maximum Gasteiger partial charge on any atom is 0.456 e. The van der Waals surface area contributed by atoms with Crippen LogP contribution in [0.4, 0.5) is 22.0 Å². The van der Waals surface area contributed by atoms with Gasteiger partial charge in [-0.2, -0.15) is 22.0 Å². The standard InChI is InChI=1S/C9H9F5N2O/c10-8(11,9(12,13)14)5-17-7-2-1-6(3-15)4-16-7/h1-2,4H,3,5,15H2. The fourth-order valence-corrected chi connectivity index (χ4v) is 0.863. The van der Waals surface area contributed by atoms with E-state index in [1.54, 1.807) is 0 Å². The summed E-state index contributed by atoms with van der Waals surface area (Å²) in [4.78, 5) is 3.53. The van der Waals surface area contributed by atoms with E-state index in [9.17, 15) is 22.0 Å². The van der Waals surface area contributed by atoms with Crippen LogP contribution in [0.2, 0.25) is 0 Å². The van der Waals surface area contributed by atoms with Crippen LogP contribution < -0.4 is 10.5 Å². The van der Waals surface area contributed by atoms with Crippen molar-refractivity contribution in [1.82, 2.24) is 4.98 Å². The Morgan fingerprint density at radius 1 is 1.18 bits per heavy atom. The van der Waals surface area contributed by atoms with E-state index in [0.29, 0.717) is 5.56 Å². The molecular weight excluding hydrogens is 247 g/mol. The highest BCUT2D eigenvalue weighted by Gasteiger charge is 2.58. The number of nitrogens with zero attached hydrogens (tertiary/aromatic N) is 1. The summed E-state index contributed by atoms with van der Waals surface area (Å²) in [6, 6.07) is 2.60. The van der Waals surface area contributed by atoms with Crippen molar-refractivity contribution in [3.63, 3.8) is 0 Å². The molecule has 0 saturated heterocycles. The van der Waals surface area contributed by atoms with Crippen molar-refractivity contribution in [1.29, 1.82) is 0 Å². The van der Waals surface area contributed by atoms with Crippen LogP contribution in [0, 0.1) is 0 Å². The molecule has 0 aromatic carbocycles. The zero-order valence-electron chi connectivity index (χ0n) is 8.47. The molecule has 1 aromatic rings. The number of halogens is 5. The molecule has 96 valence electrons. The fraction of sp³-hybridized carbons (Fsp3) is 0.444. The number of nitrogens with two attached hydrogens (primary N) is 1. The Bertz CT molecular complexity index is 363. The Morgan fingerprint density at radius 3 is 2.24 bits per heavy atom.